The fourth-order valence-electron chi connectivity index (χ4n) is 1.75. The molecule has 0 aliphatic carbocycles. The van der Waals surface area contributed by atoms with Crippen LogP contribution in [0.4, 0.5) is 5.82 Å². The van der Waals surface area contributed by atoms with Crippen molar-refractivity contribution in [3.05, 3.63) is 27.7 Å². The molecule has 3 heterocycles. The Hall–Kier alpha value is -1.73. The van der Waals surface area contributed by atoms with Crippen molar-refractivity contribution in [2.45, 2.75) is 19.9 Å². The monoisotopic (exact) mass is 294 g/mol. The van der Waals surface area contributed by atoms with Crippen LogP contribution in [-0.4, -0.2) is 24.9 Å². The van der Waals surface area contributed by atoms with Crippen molar-refractivity contribution in [3.63, 3.8) is 0 Å². The van der Waals surface area contributed by atoms with E-state index >= 15 is 0 Å². The van der Waals surface area contributed by atoms with Gasteiger partial charge in [0.1, 0.15) is 10.5 Å². The van der Waals surface area contributed by atoms with E-state index < -0.39 is 0 Å². The largest absolute Gasteiger partial charge is 0.359 e. The SMILES string of the molecule is Cc1cnc(C(C)Nc2nc(Cl)nc3nc[nH]c23)s1. The molecule has 0 fully saturated rings. The summed E-state index contributed by atoms with van der Waals surface area (Å²) in [6.07, 6.45) is 3.43. The molecule has 0 spiro atoms. The van der Waals surface area contributed by atoms with E-state index in [1.54, 1.807) is 17.7 Å². The molecule has 8 heteroatoms. The van der Waals surface area contributed by atoms with Gasteiger partial charge in [-0.1, -0.05) is 0 Å². The summed E-state index contributed by atoms with van der Waals surface area (Å²) in [4.78, 5) is 20.9. The number of fused-ring (bicyclic) bond motifs is 1. The predicted octanol–water partition coefficient (Wildman–Crippen LogP) is 2.94. The van der Waals surface area contributed by atoms with Crippen molar-refractivity contribution < 1.29 is 0 Å². The zero-order valence-electron chi connectivity index (χ0n) is 10.3. The lowest BCUT2D eigenvalue weighted by atomic mass is 10.3. The summed E-state index contributed by atoms with van der Waals surface area (Å²) in [6, 6.07) is 0.0381. The van der Waals surface area contributed by atoms with Crippen LogP contribution in [0.3, 0.4) is 0 Å². The molecule has 0 aromatic carbocycles. The van der Waals surface area contributed by atoms with Crippen molar-refractivity contribution in [3.8, 4) is 0 Å². The second-order valence-corrected chi connectivity index (χ2v) is 5.72. The molecule has 3 aromatic heterocycles. The Bertz CT molecular complexity index is 721. The predicted molar refractivity (Wildman–Crippen MR) is 75.6 cm³/mol. The zero-order valence-corrected chi connectivity index (χ0v) is 11.9. The van der Waals surface area contributed by atoms with Crippen molar-refractivity contribution in [2.75, 3.05) is 5.32 Å². The first-order valence-electron chi connectivity index (χ1n) is 5.69. The smallest absolute Gasteiger partial charge is 0.226 e. The van der Waals surface area contributed by atoms with Gasteiger partial charge < -0.3 is 10.3 Å². The highest BCUT2D eigenvalue weighted by atomic mass is 35.5. The summed E-state index contributed by atoms with van der Waals surface area (Å²) >= 11 is 7.54. The maximum absolute atomic E-state index is 5.89. The van der Waals surface area contributed by atoms with Gasteiger partial charge in [0.2, 0.25) is 5.28 Å². The van der Waals surface area contributed by atoms with Crippen LogP contribution in [0, 0.1) is 6.92 Å². The Kier molecular flexibility index (Phi) is 3.08. The van der Waals surface area contributed by atoms with E-state index in [1.807, 2.05) is 20.0 Å². The molecular formula is C11H11ClN6S. The first kappa shape index (κ1) is 12.3. The molecule has 3 rings (SSSR count). The van der Waals surface area contributed by atoms with Gasteiger partial charge in [-0.15, -0.1) is 11.3 Å². The standard InChI is InChI=1S/C11H11ClN6S/c1-5-3-13-10(19-5)6(2)16-9-7-8(15-4-14-7)17-11(12)18-9/h3-4,6H,1-2H3,(H2,14,15,16,17,18). The second kappa shape index (κ2) is 4.75. The van der Waals surface area contributed by atoms with Crippen LogP contribution in [0.5, 0.6) is 0 Å². The lowest BCUT2D eigenvalue weighted by Crippen LogP contribution is -2.08. The van der Waals surface area contributed by atoms with Gasteiger partial charge in [-0.2, -0.15) is 9.97 Å². The molecule has 0 radical (unpaired) electrons. The molecule has 0 saturated carbocycles. The average Bonchev–Trinajstić information content (AvgIpc) is 2.97. The van der Waals surface area contributed by atoms with Crippen LogP contribution in [0.1, 0.15) is 22.9 Å². The molecule has 2 N–H and O–H groups in total. The van der Waals surface area contributed by atoms with Gasteiger partial charge in [0.05, 0.1) is 12.4 Å². The van der Waals surface area contributed by atoms with Gasteiger partial charge in [-0.3, -0.25) is 0 Å². The maximum Gasteiger partial charge on any atom is 0.226 e. The van der Waals surface area contributed by atoms with E-state index in [9.17, 15) is 0 Å². The van der Waals surface area contributed by atoms with E-state index in [0.717, 1.165) is 10.5 Å². The Balaban J connectivity index is 1.94. The summed E-state index contributed by atoms with van der Waals surface area (Å²) in [6.45, 7) is 4.05. The number of H-pyrrole nitrogens is 1. The number of aromatic amines is 1. The topological polar surface area (TPSA) is 79.4 Å². The van der Waals surface area contributed by atoms with Crippen LogP contribution < -0.4 is 5.32 Å². The molecule has 6 nitrogen and oxygen atoms in total. The highest BCUT2D eigenvalue weighted by Crippen LogP contribution is 2.25. The lowest BCUT2D eigenvalue weighted by Gasteiger charge is -2.12. The number of aromatic nitrogens is 5. The Morgan fingerprint density at radius 3 is 2.95 bits per heavy atom. The minimum atomic E-state index is 0.0381. The number of nitrogens with zero attached hydrogens (tertiary/aromatic N) is 4. The molecule has 0 aliphatic rings. The van der Waals surface area contributed by atoms with E-state index in [0.29, 0.717) is 11.5 Å². The van der Waals surface area contributed by atoms with Gasteiger partial charge in [0.15, 0.2) is 11.5 Å². The maximum atomic E-state index is 5.89. The summed E-state index contributed by atoms with van der Waals surface area (Å²) in [5.41, 5.74) is 1.29. The minimum absolute atomic E-state index is 0.0381. The normalized spacial score (nSPS) is 12.8. The van der Waals surface area contributed by atoms with E-state index in [-0.39, 0.29) is 11.3 Å². The molecule has 0 amide bonds. The number of nitrogens with one attached hydrogen (secondary N) is 2. The van der Waals surface area contributed by atoms with E-state index in [4.69, 9.17) is 11.6 Å². The van der Waals surface area contributed by atoms with Crippen molar-refractivity contribution in [2.24, 2.45) is 0 Å². The van der Waals surface area contributed by atoms with Gasteiger partial charge in [0.25, 0.3) is 0 Å². The highest BCUT2D eigenvalue weighted by molar-refractivity contribution is 7.11. The van der Waals surface area contributed by atoms with Crippen LogP contribution in [0.2, 0.25) is 5.28 Å². The molecular weight excluding hydrogens is 284 g/mol. The first-order chi connectivity index (χ1) is 9.13. The molecule has 98 valence electrons. The van der Waals surface area contributed by atoms with Gasteiger partial charge >= 0.3 is 0 Å². The molecule has 1 unspecified atom stereocenters. The quantitative estimate of drug-likeness (QED) is 0.726. The number of hydrogen-bond acceptors (Lipinski definition) is 6. The van der Waals surface area contributed by atoms with Crippen molar-refractivity contribution >= 4 is 39.9 Å². The fraction of sp³-hybridized carbons (Fsp3) is 0.273. The summed E-state index contributed by atoms with van der Waals surface area (Å²) in [5.74, 6) is 0.632. The Morgan fingerprint density at radius 1 is 1.37 bits per heavy atom. The van der Waals surface area contributed by atoms with Crippen molar-refractivity contribution in [1.29, 1.82) is 0 Å². The highest BCUT2D eigenvalue weighted by Gasteiger charge is 2.14. The minimum Gasteiger partial charge on any atom is -0.359 e. The molecule has 0 bridgehead atoms. The average molecular weight is 295 g/mol. The molecule has 0 saturated heterocycles. The summed E-state index contributed by atoms with van der Waals surface area (Å²) in [5, 5.41) is 4.45. The third kappa shape index (κ3) is 2.39. The summed E-state index contributed by atoms with van der Waals surface area (Å²) in [7, 11) is 0. The number of halogens is 1. The van der Waals surface area contributed by atoms with Gasteiger partial charge in [-0.05, 0) is 25.4 Å². The number of aryl methyl sites for hydroxylation is 1. The third-order valence-electron chi connectivity index (χ3n) is 2.62. The van der Waals surface area contributed by atoms with Crippen LogP contribution in [-0.2, 0) is 0 Å². The van der Waals surface area contributed by atoms with Crippen LogP contribution >= 0.6 is 22.9 Å². The number of hydrogen-bond donors (Lipinski definition) is 2. The second-order valence-electron chi connectivity index (χ2n) is 4.12. The number of thiazole rings is 1. The Labute approximate surface area is 118 Å². The number of anilines is 1. The van der Waals surface area contributed by atoms with Crippen LogP contribution in [0.25, 0.3) is 11.2 Å². The third-order valence-corrected chi connectivity index (χ3v) is 3.89. The molecule has 3 aromatic rings. The fourth-order valence-corrected chi connectivity index (χ4v) is 2.69. The lowest BCUT2D eigenvalue weighted by molar-refractivity contribution is 0.861. The Morgan fingerprint density at radius 2 is 2.21 bits per heavy atom. The molecule has 19 heavy (non-hydrogen) atoms. The first-order valence-corrected chi connectivity index (χ1v) is 6.88. The number of rotatable bonds is 3. The van der Waals surface area contributed by atoms with Crippen molar-refractivity contribution in [1.82, 2.24) is 24.9 Å². The zero-order chi connectivity index (χ0) is 13.4. The van der Waals surface area contributed by atoms with Gasteiger partial charge in [0, 0.05) is 11.1 Å². The van der Waals surface area contributed by atoms with E-state index in [1.165, 1.54) is 4.88 Å². The van der Waals surface area contributed by atoms with E-state index in [2.05, 4.69) is 30.2 Å². The van der Waals surface area contributed by atoms with Crippen LogP contribution in [0.15, 0.2) is 12.5 Å². The van der Waals surface area contributed by atoms with Gasteiger partial charge in [-0.25, -0.2) is 9.97 Å². The molecule has 0 aliphatic heterocycles. The molecule has 1 atom stereocenters. The number of imidazole rings is 1. The summed E-state index contributed by atoms with van der Waals surface area (Å²) < 4.78 is 0.